The van der Waals surface area contributed by atoms with Gasteiger partial charge in [-0.2, -0.15) is 0 Å². The molecule has 1 amide bonds. The maximum absolute atomic E-state index is 12.6. The molecular weight excluding hydrogens is 310 g/mol. The Labute approximate surface area is 137 Å². The smallest absolute Gasteiger partial charge is 0.336 e. The number of nitrogens with one attached hydrogen (secondary N) is 1. The fourth-order valence-electron chi connectivity index (χ4n) is 2.42. The molecule has 2 aromatic carbocycles. The van der Waals surface area contributed by atoms with Crippen molar-refractivity contribution in [2.75, 3.05) is 19.5 Å². The number of hydrogen-bond acceptors (Lipinski definition) is 5. The SMILES string of the molecule is COc1cccc(OC)c1C(=O)Nc1ccc2oc(=O)ccc2c1. The van der Waals surface area contributed by atoms with Gasteiger partial charge in [0.15, 0.2) is 0 Å². The molecule has 0 aliphatic heterocycles. The number of hydrogen-bond donors (Lipinski definition) is 1. The number of ether oxygens (including phenoxy) is 2. The fraction of sp³-hybridized carbons (Fsp3) is 0.111. The highest BCUT2D eigenvalue weighted by atomic mass is 16.5. The normalized spacial score (nSPS) is 10.4. The zero-order chi connectivity index (χ0) is 17.1. The highest BCUT2D eigenvalue weighted by Crippen LogP contribution is 2.29. The van der Waals surface area contributed by atoms with Crippen molar-refractivity contribution in [2.24, 2.45) is 0 Å². The molecule has 0 radical (unpaired) electrons. The van der Waals surface area contributed by atoms with Crippen LogP contribution in [0.1, 0.15) is 10.4 Å². The van der Waals surface area contributed by atoms with E-state index in [9.17, 15) is 9.59 Å². The maximum atomic E-state index is 12.6. The number of anilines is 1. The van der Waals surface area contributed by atoms with Crippen LogP contribution in [0.4, 0.5) is 5.69 Å². The second-order valence-corrected chi connectivity index (χ2v) is 5.00. The molecule has 0 aliphatic carbocycles. The Morgan fingerprint density at radius 3 is 2.38 bits per heavy atom. The molecule has 0 bridgehead atoms. The minimum absolute atomic E-state index is 0.308. The van der Waals surface area contributed by atoms with Crippen LogP contribution in [0.5, 0.6) is 11.5 Å². The largest absolute Gasteiger partial charge is 0.496 e. The lowest BCUT2D eigenvalue weighted by atomic mass is 10.1. The molecule has 3 aromatic rings. The Hall–Kier alpha value is -3.28. The van der Waals surface area contributed by atoms with Gasteiger partial charge in [0, 0.05) is 17.1 Å². The van der Waals surface area contributed by atoms with E-state index in [2.05, 4.69) is 5.32 Å². The maximum Gasteiger partial charge on any atom is 0.336 e. The first kappa shape index (κ1) is 15.6. The Balaban J connectivity index is 1.95. The molecule has 24 heavy (non-hydrogen) atoms. The van der Waals surface area contributed by atoms with Crippen molar-refractivity contribution in [2.45, 2.75) is 0 Å². The van der Waals surface area contributed by atoms with Gasteiger partial charge in [-0.3, -0.25) is 4.79 Å². The van der Waals surface area contributed by atoms with Crippen LogP contribution < -0.4 is 20.4 Å². The number of benzene rings is 2. The molecule has 1 aromatic heterocycles. The van der Waals surface area contributed by atoms with E-state index in [1.807, 2.05) is 0 Å². The summed E-state index contributed by atoms with van der Waals surface area (Å²) in [5.41, 5.74) is 0.907. The molecule has 0 atom stereocenters. The Morgan fingerprint density at radius 1 is 1.00 bits per heavy atom. The standard InChI is InChI=1S/C18H15NO5/c1-22-14-4-3-5-15(23-2)17(14)18(21)19-12-7-8-13-11(10-12)6-9-16(20)24-13/h3-10H,1-2H3,(H,19,21). The van der Waals surface area contributed by atoms with Gasteiger partial charge in [-0.05, 0) is 36.4 Å². The van der Waals surface area contributed by atoms with Crippen molar-refractivity contribution in [1.82, 2.24) is 0 Å². The van der Waals surface area contributed by atoms with Gasteiger partial charge in [-0.15, -0.1) is 0 Å². The number of fused-ring (bicyclic) bond motifs is 1. The van der Waals surface area contributed by atoms with Crippen molar-refractivity contribution in [1.29, 1.82) is 0 Å². The van der Waals surface area contributed by atoms with Gasteiger partial charge in [0.2, 0.25) is 0 Å². The average Bonchev–Trinajstić information content (AvgIpc) is 2.60. The monoisotopic (exact) mass is 325 g/mol. The van der Waals surface area contributed by atoms with Gasteiger partial charge >= 0.3 is 5.63 Å². The molecule has 0 unspecified atom stereocenters. The summed E-state index contributed by atoms with van der Waals surface area (Å²) >= 11 is 0. The summed E-state index contributed by atoms with van der Waals surface area (Å²) in [7, 11) is 2.98. The minimum Gasteiger partial charge on any atom is -0.496 e. The molecule has 0 spiro atoms. The number of methoxy groups -OCH3 is 2. The number of carbonyl (C=O) groups excluding carboxylic acids is 1. The average molecular weight is 325 g/mol. The van der Waals surface area contributed by atoms with Gasteiger partial charge in [-0.1, -0.05) is 6.07 Å². The summed E-state index contributed by atoms with van der Waals surface area (Å²) in [6.45, 7) is 0. The van der Waals surface area contributed by atoms with Gasteiger partial charge in [0.25, 0.3) is 5.91 Å². The first-order valence-corrected chi connectivity index (χ1v) is 7.18. The highest BCUT2D eigenvalue weighted by Gasteiger charge is 2.18. The lowest BCUT2D eigenvalue weighted by Crippen LogP contribution is -2.14. The summed E-state index contributed by atoms with van der Waals surface area (Å²) < 4.78 is 15.6. The lowest BCUT2D eigenvalue weighted by molar-refractivity contribution is 0.102. The van der Waals surface area contributed by atoms with Crippen LogP contribution >= 0.6 is 0 Å². The molecule has 0 saturated heterocycles. The molecule has 6 heteroatoms. The molecule has 0 aliphatic rings. The molecule has 3 rings (SSSR count). The van der Waals surface area contributed by atoms with Crippen LogP contribution in [0.3, 0.4) is 0 Å². The molecule has 122 valence electrons. The topological polar surface area (TPSA) is 77.8 Å². The van der Waals surface area contributed by atoms with E-state index < -0.39 is 5.63 Å². The summed E-state index contributed by atoms with van der Waals surface area (Å²) in [4.78, 5) is 23.8. The predicted octanol–water partition coefficient (Wildman–Crippen LogP) is 3.06. The molecular formula is C18H15NO5. The van der Waals surface area contributed by atoms with Crippen LogP contribution in [0.25, 0.3) is 11.0 Å². The highest BCUT2D eigenvalue weighted by molar-refractivity contribution is 6.08. The van der Waals surface area contributed by atoms with Gasteiger partial charge in [0.05, 0.1) is 14.2 Å². The molecule has 1 heterocycles. The van der Waals surface area contributed by atoms with Crippen molar-refractivity contribution in [3.8, 4) is 11.5 Å². The number of amides is 1. The van der Waals surface area contributed by atoms with E-state index in [0.717, 1.165) is 0 Å². The molecule has 1 N–H and O–H groups in total. The zero-order valence-corrected chi connectivity index (χ0v) is 13.2. The van der Waals surface area contributed by atoms with Crippen molar-refractivity contribution in [3.63, 3.8) is 0 Å². The third-order valence-corrected chi connectivity index (χ3v) is 3.53. The number of rotatable bonds is 4. The van der Waals surface area contributed by atoms with Crippen LogP contribution in [-0.4, -0.2) is 20.1 Å². The zero-order valence-electron chi connectivity index (χ0n) is 13.2. The van der Waals surface area contributed by atoms with E-state index in [1.54, 1.807) is 42.5 Å². The third-order valence-electron chi connectivity index (χ3n) is 3.53. The van der Waals surface area contributed by atoms with Crippen LogP contribution in [0, 0.1) is 0 Å². The lowest BCUT2D eigenvalue weighted by Gasteiger charge is -2.13. The van der Waals surface area contributed by atoms with E-state index in [1.165, 1.54) is 20.3 Å². The van der Waals surface area contributed by atoms with Crippen molar-refractivity contribution < 1.29 is 18.7 Å². The second-order valence-electron chi connectivity index (χ2n) is 5.00. The Bertz CT molecular complexity index is 939. The van der Waals surface area contributed by atoms with Crippen molar-refractivity contribution >= 4 is 22.6 Å². The fourth-order valence-corrected chi connectivity index (χ4v) is 2.42. The minimum atomic E-state index is -0.418. The summed E-state index contributed by atoms with van der Waals surface area (Å²) in [5.74, 6) is 0.471. The van der Waals surface area contributed by atoms with E-state index in [-0.39, 0.29) is 5.91 Å². The summed E-state index contributed by atoms with van der Waals surface area (Å²) in [6.07, 6.45) is 0. The predicted molar refractivity (Wildman–Crippen MR) is 90.0 cm³/mol. The van der Waals surface area contributed by atoms with Gasteiger partial charge in [-0.25, -0.2) is 4.79 Å². The van der Waals surface area contributed by atoms with Crippen LogP contribution in [-0.2, 0) is 0 Å². The summed E-state index contributed by atoms with van der Waals surface area (Å²) in [6, 6.07) is 13.1. The third kappa shape index (κ3) is 2.94. The molecule has 6 nitrogen and oxygen atoms in total. The number of carbonyl (C=O) groups is 1. The quantitative estimate of drug-likeness (QED) is 0.746. The summed E-state index contributed by atoms with van der Waals surface area (Å²) in [5, 5.41) is 3.50. The van der Waals surface area contributed by atoms with Crippen molar-refractivity contribution in [3.05, 3.63) is 64.5 Å². The van der Waals surface area contributed by atoms with Crippen LogP contribution in [0.2, 0.25) is 0 Å². The van der Waals surface area contributed by atoms with E-state index in [4.69, 9.17) is 13.9 Å². The van der Waals surface area contributed by atoms with Gasteiger partial charge < -0.3 is 19.2 Å². The molecule has 0 fully saturated rings. The Morgan fingerprint density at radius 2 is 1.71 bits per heavy atom. The first-order chi connectivity index (χ1) is 11.6. The molecule has 0 saturated carbocycles. The van der Waals surface area contributed by atoms with Gasteiger partial charge in [0.1, 0.15) is 22.6 Å². The second kappa shape index (κ2) is 6.45. The van der Waals surface area contributed by atoms with Crippen LogP contribution in [0.15, 0.2) is 57.7 Å². The Kier molecular flexibility index (Phi) is 4.20. The van der Waals surface area contributed by atoms with E-state index in [0.29, 0.717) is 33.7 Å². The van der Waals surface area contributed by atoms with E-state index >= 15 is 0 Å². The first-order valence-electron chi connectivity index (χ1n) is 7.18.